The van der Waals surface area contributed by atoms with Gasteiger partial charge in [0.2, 0.25) is 0 Å². The zero-order valence-corrected chi connectivity index (χ0v) is 22.0. The van der Waals surface area contributed by atoms with Gasteiger partial charge < -0.3 is 4.74 Å². The lowest BCUT2D eigenvalue weighted by Crippen LogP contribution is -2.24. The topological polar surface area (TPSA) is 9.23 Å². The summed E-state index contributed by atoms with van der Waals surface area (Å²) in [5.41, 5.74) is 4.50. The van der Waals surface area contributed by atoms with Gasteiger partial charge in [-0.3, -0.25) is 0 Å². The summed E-state index contributed by atoms with van der Waals surface area (Å²) in [6.07, 6.45) is 15.8. The Morgan fingerprint density at radius 2 is 1.26 bits per heavy atom. The van der Waals surface area contributed by atoms with E-state index < -0.39 is 0 Å². The first kappa shape index (κ1) is 25.0. The third-order valence-electron chi connectivity index (χ3n) is 9.73. The molecule has 2 heteroatoms. The van der Waals surface area contributed by atoms with Crippen molar-refractivity contribution in [2.24, 2.45) is 17.8 Å². The number of rotatable bonds is 6. The van der Waals surface area contributed by atoms with Gasteiger partial charge in [0.25, 0.3) is 0 Å². The lowest BCUT2D eigenvalue weighted by atomic mass is 9.68. The lowest BCUT2D eigenvalue weighted by molar-refractivity contribution is 0.0326. The summed E-state index contributed by atoms with van der Waals surface area (Å²) in [4.78, 5) is 0. The van der Waals surface area contributed by atoms with Crippen LogP contribution in [0.4, 0.5) is 4.39 Å². The summed E-state index contributed by atoms with van der Waals surface area (Å²) < 4.78 is 20.9. The van der Waals surface area contributed by atoms with Crippen molar-refractivity contribution in [3.63, 3.8) is 0 Å². The van der Waals surface area contributed by atoms with E-state index in [1.54, 1.807) is 6.07 Å². The van der Waals surface area contributed by atoms with E-state index in [1.807, 2.05) is 6.07 Å². The Bertz CT molecular complexity index is 926. The molecule has 0 saturated heterocycles. The molecule has 0 spiro atoms. The van der Waals surface area contributed by atoms with E-state index in [9.17, 15) is 0 Å². The van der Waals surface area contributed by atoms with Gasteiger partial charge in [-0.05, 0) is 129 Å². The molecule has 2 aromatic rings. The van der Waals surface area contributed by atoms with E-state index in [4.69, 9.17) is 4.74 Å². The fourth-order valence-electron chi connectivity index (χ4n) is 7.44. The van der Waals surface area contributed by atoms with Crippen molar-refractivity contribution in [1.29, 1.82) is 0 Å². The van der Waals surface area contributed by atoms with Crippen LogP contribution in [0.5, 0.6) is 0 Å². The maximum atomic E-state index is 15.1. The van der Waals surface area contributed by atoms with Crippen molar-refractivity contribution < 1.29 is 9.13 Å². The van der Waals surface area contributed by atoms with Gasteiger partial charge >= 0.3 is 0 Å². The van der Waals surface area contributed by atoms with Crippen molar-refractivity contribution in [3.05, 3.63) is 59.4 Å². The minimum absolute atomic E-state index is 0.0399. The first-order valence-corrected chi connectivity index (χ1v) is 14.6. The summed E-state index contributed by atoms with van der Waals surface area (Å²) in [5.74, 6) is 3.90. The van der Waals surface area contributed by atoms with Crippen LogP contribution in [0, 0.1) is 23.6 Å². The molecule has 3 fully saturated rings. The number of halogens is 1. The van der Waals surface area contributed by atoms with Crippen molar-refractivity contribution in [2.75, 3.05) is 6.61 Å². The standard InChI is InChI=1S/C33H45FO/c1-3-35-31-19-16-29(17-20-31)32-21-18-30(22-33(32)34)28-14-12-27(13-15-28)26-10-8-25(9-11-26)24-6-4-23(2)5-7-24/h12-15,18,21-26,29,31H,3-11,16-17,19-20H2,1-2H3. The van der Waals surface area contributed by atoms with Crippen LogP contribution in [0.1, 0.15) is 114 Å². The Morgan fingerprint density at radius 1 is 0.686 bits per heavy atom. The molecule has 3 saturated carbocycles. The summed E-state index contributed by atoms with van der Waals surface area (Å²) in [7, 11) is 0. The van der Waals surface area contributed by atoms with Crippen LogP contribution < -0.4 is 0 Å². The largest absolute Gasteiger partial charge is 0.379 e. The molecule has 0 N–H and O–H groups in total. The normalized spacial score (nSPS) is 31.9. The van der Waals surface area contributed by atoms with Crippen LogP contribution in [0.2, 0.25) is 0 Å². The number of ether oxygens (including phenoxy) is 1. The van der Waals surface area contributed by atoms with E-state index in [0.29, 0.717) is 17.9 Å². The molecular weight excluding hydrogens is 431 g/mol. The van der Waals surface area contributed by atoms with Gasteiger partial charge in [0.15, 0.2) is 0 Å². The smallest absolute Gasteiger partial charge is 0.127 e. The van der Waals surface area contributed by atoms with E-state index in [-0.39, 0.29) is 5.82 Å². The van der Waals surface area contributed by atoms with Crippen molar-refractivity contribution in [2.45, 2.75) is 109 Å². The minimum Gasteiger partial charge on any atom is -0.379 e. The summed E-state index contributed by atoms with van der Waals surface area (Å²) >= 11 is 0. The average Bonchev–Trinajstić information content (AvgIpc) is 2.90. The second-order valence-corrected chi connectivity index (χ2v) is 11.9. The van der Waals surface area contributed by atoms with Crippen molar-refractivity contribution >= 4 is 0 Å². The molecule has 2 aromatic carbocycles. The minimum atomic E-state index is -0.0399. The Kier molecular flexibility index (Phi) is 8.28. The molecule has 0 bridgehead atoms. The van der Waals surface area contributed by atoms with Crippen LogP contribution >= 0.6 is 0 Å². The van der Waals surface area contributed by atoms with Gasteiger partial charge in [-0.15, -0.1) is 0 Å². The Morgan fingerprint density at radius 3 is 1.86 bits per heavy atom. The second-order valence-electron chi connectivity index (χ2n) is 11.9. The van der Waals surface area contributed by atoms with Crippen LogP contribution in [0.15, 0.2) is 42.5 Å². The van der Waals surface area contributed by atoms with Crippen molar-refractivity contribution in [1.82, 2.24) is 0 Å². The maximum Gasteiger partial charge on any atom is 0.127 e. The first-order chi connectivity index (χ1) is 17.1. The zero-order chi connectivity index (χ0) is 24.2. The van der Waals surface area contributed by atoms with Gasteiger partial charge in [0.1, 0.15) is 5.82 Å². The lowest BCUT2D eigenvalue weighted by Gasteiger charge is -2.37. The van der Waals surface area contributed by atoms with E-state index in [0.717, 1.165) is 66.7 Å². The van der Waals surface area contributed by atoms with Gasteiger partial charge in [0.05, 0.1) is 6.10 Å². The monoisotopic (exact) mass is 476 g/mol. The van der Waals surface area contributed by atoms with Gasteiger partial charge in [-0.25, -0.2) is 4.39 Å². The fraction of sp³-hybridized carbons (Fsp3) is 0.636. The first-order valence-electron chi connectivity index (χ1n) is 14.6. The molecular formula is C33H45FO. The van der Waals surface area contributed by atoms with E-state index in [1.165, 1.54) is 56.9 Å². The molecule has 0 aromatic heterocycles. The molecule has 190 valence electrons. The van der Waals surface area contributed by atoms with Crippen LogP contribution in [0.3, 0.4) is 0 Å². The SMILES string of the molecule is CCOC1CCC(c2ccc(-c3ccc(C4CCC(C5CCC(C)CC5)CC4)cc3)cc2F)CC1. The molecule has 0 unspecified atom stereocenters. The highest BCUT2D eigenvalue weighted by Crippen LogP contribution is 2.44. The van der Waals surface area contributed by atoms with Crippen molar-refractivity contribution in [3.8, 4) is 11.1 Å². The molecule has 1 nitrogen and oxygen atoms in total. The molecule has 0 amide bonds. The third kappa shape index (κ3) is 6.01. The summed E-state index contributed by atoms with van der Waals surface area (Å²) in [6.45, 7) is 5.26. The van der Waals surface area contributed by atoms with Crippen LogP contribution in [0.25, 0.3) is 11.1 Å². The highest BCUT2D eigenvalue weighted by atomic mass is 19.1. The molecule has 0 aliphatic heterocycles. The fourth-order valence-corrected chi connectivity index (χ4v) is 7.44. The Balaban J connectivity index is 1.17. The summed E-state index contributed by atoms with van der Waals surface area (Å²) in [5, 5.41) is 0. The van der Waals surface area contributed by atoms with Gasteiger partial charge in [-0.1, -0.05) is 56.2 Å². The van der Waals surface area contributed by atoms with E-state index >= 15 is 4.39 Å². The Hall–Kier alpha value is -1.67. The van der Waals surface area contributed by atoms with Crippen LogP contribution in [-0.4, -0.2) is 12.7 Å². The van der Waals surface area contributed by atoms with Crippen LogP contribution in [-0.2, 0) is 4.74 Å². The zero-order valence-electron chi connectivity index (χ0n) is 22.0. The molecule has 5 rings (SSSR count). The second kappa shape index (κ2) is 11.6. The maximum absolute atomic E-state index is 15.1. The molecule has 35 heavy (non-hydrogen) atoms. The number of hydrogen-bond acceptors (Lipinski definition) is 1. The van der Waals surface area contributed by atoms with E-state index in [2.05, 4.69) is 44.2 Å². The average molecular weight is 477 g/mol. The molecule has 3 aliphatic rings. The summed E-state index contributed by atoms with van der Waals surface area (Å²) in [6, 6.07) is 15.0. The highest BCUT2D eigenvalue weighted by Gasteiger charge is 2.30. The number of benzene rings is 2. The van der Waals surface area contributed by atoms with Gasteiger partial charge in [0, 0.05) is 6.61 Å². The third-order valence-corrected chi connectivity index (χ3v) is 9.73. The quantitative estimate of drug-likeness (QED) is 0.403. The molecule has 3 aliphatic carbocycles. The molecule has 0 atom stereocenters. The number of hydrogen-bond donors (Lipinski definition) is 0. The molecule has 0 heterocycles. The molecule has 0 radical (unpaired) electrons. The highest BCUT2D eigenvalue weighted by molar-refractivity contribution is 5.64. The predicted molar refractivity (Wildman–Crippen MR) is 144 cm³/mol. The predicted octanol–water partition coefficient (Wildman–Crippen LogP) is 9.66. The Labute approximate surface area is 212 Å². The van der Waals surface area contributed by atoms with Gasteiger partial charge in [-0.2, -0.15) is 0 Å².